The number of benzene rings is 1. The first-order valence-corrected chi connectivity index (χ1v) is 7.26. The molecular formula is C14H18BrNO3. The normalized spacial score (nSPS) is 20.0. The molecule has 2 rings (SSSR count). The van der Waals surface area contributed by atoms with Crippen molar-refractivity contribution in [3.63, 3.8) is 0 Å². The minimum absolute atomic E-state index is 0.165. The number of ether oxygens (including phenoxy) is 2. The monoisotopic (exact) mass is 327 g/mol. The summed E-state index contributed by atoms with van der Waals surface area (Å²) in [5.41, 5.74) is 0.902. The summed E-state index contributed by atoms with van der Waals surface area (Å²) in [7, 11) is 0. The minimum atomic E-state index is -0.350. The summed E-state index contributed by atoms with van der Waals surface area (Å²) in [5.74, 6) is -0.0454. The van der Waals surface area contributed by atoms with Crippen LogP contribution >= 0.6 is 15.9 Å². The largest absolute Gasteiger partial charge is 0.464 e. The van der Waals surface area contributed by atoms with E-state index in [9.17, 15) is 4.79 Å². The number of rotatable bonds is 5. The minimum Gasteiger partial charge on any atom is -0.464 e. The summed E-state index contributed by atoms with van der Waals surface area (Å²) in [6.45, 7) is 3.52. The summed E-state index contributed by atoms with van der Waals surface area (Å²) in [4.78, 5) is 12.1. The molecule has 5 heteroatoms. The molecule has 1 N–H and O–H groups in total. The lowest BCUT2D eigenvalue weighted by molar-refractivity contribution is -0.145. The Morgan fingerprint density at radius 1 is 1.63 bits per heavy atom. The van der Waals surface area contributed by atoms with E-state index in [1.165, 1.54) is 0 Å². The van der Waals surface area contributed by atoms with Gasteiger partial charge in [0.2, 0.25) is 0 Å². The van der Waals surface area contributed by atoms with Gasteiger partial charge in [0, 0.05) is 22.7 Å². The second kappa shape index (κ2) is 6.91. The molecule has 0 aliphatic carbocycles. The molecule has 1 aliphatic heterocycles. The van der Waals surface area contributed by atoms with Crippen LogP contribution in [0.1, 0.15) is 13.3 Å². The lowest BCUT2D eigenvalue weighted by Gasteiger charge is -2.23. The van der Waals surface area contributed by atoms with Gasteiger partial charge in [-0.05, 0) is 31.5 Å². The molecule has 0 spiro atoms. The highest BCUT2D eigenvalue weighted by Gasteiger charge is 2.32. The van der Waals surface area contributed by atoms with Gasteiger partial charge in [0.25, 0.3) is 0 Å². The molecule has 1 heterocycles. The molecule has 4 nitrogen and oxygen atoms in total. The van der Waals surface area contributed by atoms with Crippen LogP contribution in [0.5, 0.6) is 0 Å². The SMILES string of the molecule is CCOC(=O)C(Nc1cccc(Br)c1)C1CCOC1. The topological polar surface area (TPSA) is 47.6 Å². The number of halogens is 1. The van der Waals surface area contributed by atoms with Gasteiger partial charge < -0.3 is 14.8 Å². The Balaban J connectivity index is 2.10. The van der Waals surface area contributed by atoms with Crippen molar-refractivity contribution in [2.24, 2.45) is 5.92 Å². The molecule has 0 saturated carbocycles. The highest BCUT2D eigenvalue weighted by molar-refractivity contribution is 9.10. The molecule has 0 bridgehead atoms. The Hall–Kier alpha value is -1.07. The highest BCUT2D eigenvalue weighted by Crippen LogP contribution is 2.23. The van der Waals surface area contributed by atoms with Crippen molar-refractivity contribution in [1.29, 1.82) is 0 Å². The lowest BCUT2D eigenvalue weighted by atomic mass is 9.98. The molecule has 1 aliphatic rings. The first-order chi connectivity index (χ1) is 9.20. The van der Waals surface area contributed by atoms with Crippen LogP contribution < -0.4 is 5.32 Å². The van der Waals surface area contributed by atoms with Gasteiger partial charge in [0.1, 0.15) is 6.04 Å². The Kier molecular flexibility index (Phi) is 5.22. The van der Waals surface area contributed by atoms with Gasteiger partial charge >= 0.3 is 5.97 Å². The Morgan fingerprint density at radius 3 is 3.11 bits per heavy atom. The molecule has 2 atom stereocenters. The van der Waals surface area contributed by atoms with E-state index in [1.807, 2.05) is 31.2 Å². The third kappa shape index (κ3) is 3.94. The molecular weight excluding hydrogens is 310 g/mol. The van der Waals surface area contributed by atoms with Crippen LogP contribution in [0, 0.1) is 5.92 Å². The number of esters is 1. The molecule has 104 valence electrons. The van der Waals surface area contributed by atoms with Gasteiger partial charge in [0.15, 0.2) is 0 Å². The Bertz CT molecular complexity index is 432. The van der Waals surface area contributed by atoms with Gasteiger partial charge in [-0.3, -0.25) is 0 Å². The number of nitrogens with one attached hydrogen (secondary N) is 1. The van der Waals surface area contributed by atoms with Crippen LogP contribution in [0.3, 0.4) is 0 Å². The molecule has 0 amide bonds. The van der Waals surface area contributed by atoms with E-state index in [0.717, 1.165) is 16.6 Å². The van der Waals surface area contributed by atoms with Crippen LogP contribution in [0.2, 0.25) is 0 Å². The van der Waals surface area contributed by atoms with Crippen molar-refractivity contribution in [2.75, 3.05) is 25.1 Å². The lowest BCUT2D eigenvalue weighted by Crippen LogP contribution is -2.38. The van der Waals surface area contributed by atoms with Crippen molar-refractivity contribution in [1.82, 2.24) is 0 Å². The van der Waals surface area contributed by atoms with Crippen molar-refractivity contribution in [3.8, 4) is 0 Å². The molecule has 1 aromatic carbocycles. The maximum atomic E-state index is 12.1. The van der Waals surface area contributed by atoms with Crippen LogP contribution in [0.4, 0.5) is 5.69 Å². The fourth-order valence-corrected chi connectivity index (χ4v) is 2.57. The standard InChI is InChI=1S/C14H18BrNO3/c1-2-19-14(17)13(10-6-7-18-9-10)16-12-5-3-4-11(15)8-12/h3-5,8,10,13,16H,2,6-7,9H2,1H3. The highest BCUT2D eigenvalue weighted by atomic mass is 79.9. The molecule has 2 unspecified atom stereocenters. The Labute approximate surface area is 121 Å². The second-order valence-corrected chi connectivity index (χ2v) is 5.42. The van der Waals surface area contributed by atoms with Gasteiger partial charge in [-0.2, -0.15) is 0 Å². The van der Waals surface area contributed by atoms with Crippen molar-refractivity contribution in [2.45, 2.75) is 19.4 Å². The molecule has 19 heavy (non-hydrogen) atoms. The van der Waals surface area contributed by atoms with Crippen LogP contribution in [0.15, 0.2) is 28.7 Å². The van der Waals surface area contributed by atoms with E-state index < -0.39 is 0 Å². The van der Waals surface area contributed by atoms with E-state index in [4.69, 9.17) is 9.47 Å². The average molecular weight is 328 g/mol. The third-order valence-electron chi connectivity index (χ3n) is 3.12. The van der Waals surface area contributed by atoms with Gasteiger partial charge in [0.05, 0.1) is 13.2 Å². The predicted molar refractivity (Wildman–Crippen MR) is 77.1 cm³/mol. The van der Waals surface area contributed by atoms with Gasteiger partial charge in [-0.25, -0.2) is 4.79 Å². The smallest absolute Gasteiger partial charge is 0.328 e. The van der Waals surface area contributed by atoms with E-state index in [0.29, 0.717) is 19.8 Å². The van der Waals surface area contributed by atoms with Crippen LogP contribution in [-0.2, 0) is 14.3 Å². The van der Waals surface area contributed by atoms with Gasteiger partial charge in [-0.15, -0.1) is 0 Å². The van der Waals surface area contributed by atoms with Crippen molar-refractivity contribution in [3.05, 3.63) is 28.7 Å². The zero-order chi connectivity index (χ0) is 13.7. The zero-order valence-corrected chi connectivity index (χ0v) is 12.5. The van der Waals surface area contributed by atoms with E-state index >= 15 is 0 Å². The summed E-state index contributed by atoms with van der Waals surface area (Å²) in [6, 6.07) is 7.41. The summed E-state index contributed by atoms with van der Waals surface area (Å²) >= 11 is 3.42. The summed E-state index contributed by atoms with van der Waals surface area (Å²) in [5, 5.41) is 3.26. The quantitative estimate of drug-likeness (QED) is 0.845. The second-order valence-electron chi connectivity index (χ2n) is 4.51. The average Bonchev–Trinajstić information content (AvgIpc) is 2.90. The fraction of sp³-hybridized carbons (Fsp3) is 0.500. The third-order valence-corrected chi connectivity index (χ3v) is 3.62. The first-order valence-electron chi connectivity index (χ1n) is 6.47. The summed E-state index contributed by atoms with van der Waals surface area (Å²) < 4.78 is 11.5. The molecule has 1 saturated heterocycles. The number of anilines is 1. The fourth-order valence-electron chi connectivity index (χ4n) is 2.17. The molecule has 0 radical (unpaired) electrons. The van der Waals surface area contributed by atoms with E-state index in [-0.39, 0.29) is 17.9 Å². The van der Waals surface area contributed by atoms with E-state index in [1.54, 1.807) is 0 Å². The first kappa shape index (κ1) is 14.3. The number of hydrogen-bond donors (Lipinski definition) is 1. The molecule has 1 fully saturated rings. The zero-order valence-electron chi connectivity index (χ0n) is 10.9. The maximum Gasteiger partial charge on any atom is 0.328 e. The molecule has 0 aromatic heterocycles. The number of hydrogen-bond acceptors (Lipinski definition) is 4. The van der Waals surface area contributed by atoms with E-state index in [2.05, 4.69) is 21.2 Å². The van der Waals surface area contributed by atoms with Crippen LogP contribution in [0.25, 0.3) is 0 Å². The number of carbonyl (C=O) groups excluding carboxylic acids is 1. The molecule has 1 aromatic rings. The number of carbonyl (C=O) groups is 1. The van der Waals surface area contributed by atoms with Crippen molar-refractivity contribution >= 4 is 27.6 Å². The predicted octanol–water partition coefficient (Wildman–Crippen LogP) is 2.83. The maximum absolute atomic E-state index is 12.1. The van der Waals surface area contributed by atoms with Gasteiger partial charge in [-0.1, -0.05) is 22.0 Å². The summed E-state index contributed by atoms with van der Waals surface area (Å²) in [6.07, 6.45) is 0.879. The van der Waals surface area contributed by atoms with Crippen molar-refractivity contribution < 1.29 is 14.3 Å². The Morgan fingerprint density at radius 2 is 2.47 bits per heavy atom. The van der Waals surface area contributed by atoms with Crippen LogP contribution in [-0.4, -0.2) is 31.8 Å².